The van der Waals surface area contributed by atoms with Crippen LogP contribution in [0.25, 0.3) is 0 Å². The van der Waals surface area contributed by atoms with E-state index in [2.05, 4.69) is 38.9 Å². The molecule has 0 spiro atoms. The summed E-state index contributed by atoms with van der Waals surface area (Å²) in [7, 11) is 0. The molecular formula is C18H26N6O. The van der Waals surface area contributed by atoms with Crippen LogP contribution in [-0.4, -0.2) is 49.7 Å². The minimum absolute atomic E-state index is 0.0230. The lowest BCUT2D eigenvalue weighted by Gasteiger charge is -2.33. The highest BCUT2D eigenvalue weighted by atomic mass is 16.2. The highest BCUT2D eigenvalue weighted by Crippen LogP contribution is 2.17. The van der Waals surface area contributed by atoms with Crippen LogP contribution in [-0.2, 0) is 6.54 Å². The van der Waals surface area contributed by atoms with Gasteiger partial charge in [0.15, 0.2) is 0 Å². The Hall–Kier alpha value is -2.28. The normalized spacial score (nSPS) is 16.8. The van der Waals surface area contributed by atoms with Crippen molar-refractivity contribution in [1.82, 2.24) is 30.0 Å². The second-order valence-corrected chi connectivity index (χ2v) is 6.55. The van der Waals surface area contributed by atoms with E-state index >= 15 is 0 Å². The van der Waals surface area contributed by atoms with E-state index in [1.54, 1.807) is 18.6 Å². The molecule has 1 unspecified atom stereocenters. The lowest BCUT2D eigenvalue weighted by atomic mass is 10.0. The number of pyridine rings is 1. The van der Waals surface area contributed by atoms with E-state index in [4.69, 9.17) is 0 Å². The van der Waals surface area contributed by atoms with Gasteiger partial charge in [0.1, 0.15) is 17.8 Å². The molecule has 3 rings (SSSR count). The molecule has 0 bridgehead atoms. The maximum Gasteiger partial charge on any atom is 0.272 e. The van der Waals surface area contributed by atoms with Gasteiger partial charge in [0.2, 0.25) is 0 Å². The van der Waals surface area contributed by atoms with Crippen LogP contribution < -0.4 is 5.32 Å². The Labute approximate surface area is 148 Å². The Kier molecular flexibility index (Phi) is 5.75. The molecule has 1 N–H and O–H groups in total. The van der Waals surface area contributed by atoms with Gasteiger partial charge in [0.05, 0.1) is 6.04 Å². The van der Waals surface area contributed by atoms with Crippen LogP contribution in [0.15, 0.2) is 30.7 Å². The van der Waals surface area contributed by atoms with Crippen LogP contribution >= 0.6 is 0 Å². The van der Waals surface area contributed by atoms with Crippen molar-refractivity contribution in [2.24, 2.45) is 0 Å². The topological polar surface area (TPSA) is 75.9 Å². The van der Waals surface area contributed by atoms with E-state index in [-0.39, 0.29) is 11.9 Å². The van der Waals surface area contributed by atoms with Crippen LogP contribution in [0.3, 0.4) is 0 Å². The number of rotatable bonds is 6. The molecule has 2 aromatic heterocycles. The molecule has 0 radical (unpaired) electrons. The Morgan fingerprint density at radius 2 is 2.16 bits per heavy atom. The number of carbonyl (C=O) groups is 1. The third kappa shape index (κ3) is 4.22. The van der Waals surface area contributed by atoms with Crippen LogP contribution in [0.5, 0.6) is 0 Å². The fourth-order valence-electron chi connectivity index (χ4n) is 3.34. The number of aromatic nitrogens is 4. The standard InChI is InChI=1S/C18H26N6O/c1-3-10-24-13-20-22-17(24)14(2)21-15-7-11-23(12-8-15)18(25)16-6-4-5-9-19-16/h4-6,9,13-15,21H,3,7-8,10-12H2,1-2H3. The Morgan fingerprint density at radius 1 is 1.36 bits per heavy atom. The molecule has 0 saturated carbocycles. The van der Waals surface area contributed by atoms with Gasteiger partial charge in [0.25, 0.3) is 5.91 Å². The number of piperidine rings is 1. The predicted octanol–water partition coefficient (Wildman–Crippen LogP) is 2.04. The van der Waals surface area contributed by atoms with Gasteiger partial charge < -0.3 is 14.8 Å². The third-order valence-electron chi connectivity index (χ3n) is 4.65. The van der Waals surface area contributed by atoms with E-state index < -0.39 is 0 Å². The number of nitrogens with one attached hydrogen (secondary N) is 1. The van der Waals surface area contributed by atoms with E-state index in [9.17, 15) is 4.79 Å². The summed E-state index contributed by atoms with van der Waals surface area (Å²) in [6.07, 6.45) is 6.39. The van der Waals surface area contributed by atoms with Crippen molar-refractivity contribution in [3.8, 4) is 0 Å². The first kappa shape index (κ1) is 17.5. The fourth-order valence-corrected chi connectivity index (χ4v) is 3.34. The third-order valence-corrected chi connectivity index (χ3v) is 4.65. The van der Waals surface area contributed by atoms with Crippen molar-refractivity contribution in [3.05, 3.63) is 42.2 Å². The van der Waals surface area contributed by atoms with Crippen molar-refractivity contribution in [2.45, 2.75) is 51.7 Å². The van der Waals surface area contributed by atoms with Gasteiger partial charge in [0, 0.05) is 31.9 Å². The Balaban J connectivity index is 1.52. The van der Waals surface area contributed by atoms with Crippen LogP contribution in [0.2, 0.25) is 0 Å². The summed E-state index contributed by atoms with van der Waals surface area (Å²) < 4.78 is 2.11. The first-order chi connectivity index (χ1) is 12.2. The van der Waals surface area contributed by atoms with E-state index in [1.165, 1.54) is 0 Å². The lowest BCUT2D eigenvalue weighted by Crippen LogP contribution is -2.45. The summed E-state index contributed by atoms with van der Waals surface area (Å²) in [6, 6.07) is 5.98. The molecule has 1 aliphatic heterocycles. The van der Waals surface area contributed by atoms with Crippen LogP contribution in [0, 0.1) is 0 Å². The van der Waals surface area contributed by atoms with Crippen molar-refractivity contribution in [3.63, 3.8) is 0 Å². The van der Waals surface area contributed by atoms with E-state index in [0.717, 1.165) is 44.7 Å². The van der Waals surface area contributed by atoms with Gasteiger partial charge in [-0.25, -0.2) is 0 Å². The molecule has 134 valence electrons. The molecule has 25 heavy (non-hydrogen) atoms. The SMILES string of the molecule is CCCn1cnnc1C(C)NC1CCN(C(=O)c2ccccn2)CC1. The highest BCUT2D eigenvalue weighted by molar-refractivity contribution is 5.92. The molecular weight excluding hydrogens is 316 g/mol. The zero-order valence-electron chi connectivity index (χ0n) is 14.9. The summed E-state index contributed by atoms with van der Waals surface area (Å²) in [6.45, 7) is 6.71. The summed E-state index contributed by atoms with van der Waals surface area (Å²) >= 11 is 0. The second kappa shape index (κ2) is 8.20. The molecule has 1 amide bonds. The Bertz CT molecular complexity index is 678. The van der Waals surface area contributed by atoms with Crippen LogP contribution in [0.1, 0.15) is 55.5 Å². The van der Waals surface area contributed by atoms with Gasteiger partial charge in [-0.1, -0.05) is 13.0 Å². The first-order valence-electron chi connectivity index (χ1n) is 9.03. The molecule has 1 fully saturated rings. The fraction of sp³-hybridized carbons (Fsp3) is 0.556. The van der Waals surface area contributed by atoms with Gasteiger partial charge >= 0.3 is 0 Å². The first-order valence-corrected chi connectivity index (χ1v) is 9.03. The second-order valence-electron chi connectivity index (χ2n) is 6.55. The van der Waals surface area contributed by atoms with Gasteiger partial charge in [-0.3, -0.25) is 9.78 Å². The lowest BCUT2D eigenvalue weighted by molar-refractivity contribution is 0.0696. The monoisotopic (exact) mass is 342 g/mol. The summed E-state index contributed by atoms with van der Waals surface area (Å²) in [5.41, 5.74) is 0.523. The predicted molar refractivity (Wildman–Crippen MR) is 95.0 cm³/mol. The molecule has 3 heterocycles. The van der Waals surface area contributed by atoms with Crippen molar-refractivity contribution in [1.29, 1.82) is 0 Å². The number of carbonyl (C=O) groups excluding carboxylic acids is 1. The summed E-state index contributed by atoms with van der Waals surface area (Å²) in [4.78, 5) is 18.5. The largest absolute Gasteiger partial charge is 0.337 e. The number of nitrogens with zero attached hydrogens (tertiary/aromatic N) is 5. The molecule has 7 heteroatoms. The maximum atomic E-state index is 12.5. The maximum absolute atomic E-state index is 12.5. The van der Waals surface area contributed by atoms with Crippen LogP contribution in [0.4, 0.5) is 0 Å². The van der Waals surface area contributed by atoms with Gasteiger partial charge in [-0.05, 0) is 38.3 Å². The van der Waals surface area contributed by atoms with Gasteiger partial charge in [-0.15, -0.1) is 10.2 Å². The Morgan fingerprint density at radius 3 is 2.84 bits per heavy atom. The zero-order chi connectivity index (χ0) is 17.6. The van der Waals surface area contributed by atoms with Gasteiger partial charge in [-0.2, -0.15) is 0 Å². The molecule has 0 aromatic carbocycles. The minimum Gasteiger partial charge on any atom is -0.337 e. The average molecular weight is 342 g/mol. The molecule has 2 aromatic rings. The number of amides is 1. The zero-order valence-corrected chi connectivity index (χ0v) is 14.9. The molecule has 0 aliphatic carbocycles. The average Bonchev–Trinajstić information content (AvgIpc) is 3.11. The molecule has 7 nitrogen and oxygen atoms in total. The van der Waals surface area contributed by atoms with Crippen molar-refractivity contribution >= 4 is 5.91 Å². The molecule has 1 atom stereocenters. The number of hydrogen-bond donors (Lipinski definition) is 1. The minimum atomic E-state index is 0.0230. The number of likely N-dealkylation sites (tertiary alicyclic amines) is 1. The quantitative estimate of drug-likeness (QED) is 0.869. The highest BCUT2D eigenvalue weighted by Gasteiger charge is 2.26. The van der Waals surface area contributed by atoms with Crippen molar-refractivity contribution in [2.75, 3.05) is 13.1 Å². The van der Waals surface area contributed by atoms with E-state index in [1.807, 2.05) is 17.0 Å². The molecule has 1 aliphatic rings. The smallest absolute Gasteiger partial charge is 0.272 e. The summed E-state index contributed by atoms with van der Waals surface area (Å²) in [5, 5.41) is 11.9. The summed E-state index contributed by atoms with van der Waals surface area (Å²) in [5.74, 6) is 1.00. The molecule has 1 saturated heterocycles. The van der Waals surface area contributed by atoms with E-state index in [0.29, 0.717) is 11.7 Å². The number of aryl methyl sites for hydroxylation is 1. The van der Waals surface area contributed by atoms with Crippen molar-refractivity contribution < 1.29 is 4.79 Å². The number of hydrogen-bond acceptors (Lipinski definition) is 5.